The molecular weight excluding hydrogens is 250 g/mol. The van der Waals surface area contributed by atoms with Crippen LogP contribution in [0, 0.1) is 0 Å². The van der Waals surface area contributed by atoms with Crippen molar-refractivity contribution >= 4 is 17.6 Å². The average molecular weight is 268 g/mol. The Morgan fingerprint density at radius 3 is 2.61 bits per heavy atom. The number of carboxylic acid groups (broad SMARTS) is 1. The third-order valence-electron chi connectivity index (χ3n) is 3.81. The van der Waals surface area contributed by atoms with Crippen molar-refractivity contribution < 1.29 is 9.90 Å². The highest BCUT2D eigenvalue weighted by molar-refractivity contribution is 6.30. The molecule has 18 heavy (non-hydrogen) atoms. The lowest BCUT2D eigenvalue weighted by molar-refractivity contribution is -0.152. The van der Waals surface area contributed by atoms with E-state index in [2.05, 4.69) is 4.90 Å². The number of benzene rings is 1. The Bertz CT molecular complexity index is 443. The van der Waals surface area contributed by atoms with Gasteiger partial charge in [0.05, 0.1) is 0 Å². The molecule has 3 nitrogen and oxygen atoms in total. The lowest BCUT2D eigenvalue weighted by Gasteiger charge is -2.38. The highest BCUT2D eigenvalue weighted by atomic mass is 35.5. The molecule has 1 atom stereocenters. The van der Waals surface area contributed by atoms with Crippen molar-refractivity contribution in [3.8, 4) is 0 Å². The van der Waals surface area contributed by atoms with Crippen molar-refractivity contribution in [1.29, 1.82) is 0 Å². The van der Waals surface area contributed by atoms with E-state index >= 15 is 0 Å². The lowest BCUT2D eigenvalue weighted by atomic mass is 9.85. The van der Waals surface area contributed by atoms with Crippen LogP contribution in [0.15, 0.2) is 24.3 Å². The number of aliphatic carboxylic acids is 1. The first-order chi connectivity index (χ1) is 8.61. The van der Waals surface area contributed by atoms with Crippen molar-refractivity contribution in [3.63, 3.8) is 0 Å². The predicted molar refractivity (Wildman–Crippen MR) is 71.9 cm³/mol. The molecular formula is C14H18ClNO2. The maximum absolute atomic E-state index is 11.9. The summed E-state index contributed by atoms with van der Waals surface area (Å²) in [5, 5.41) is 10.3. The fraction of sp³-hybridized carbons (Fsp3) is 0.500. The summed E-state index contributed by atoms with van der Waals surface area (Å²) in [6, 6.07) is 7.23. The normalized spacial score (nSPS) is 19.7. The van der Waals surface area contributed by atoms with Gasteiger partial charge in [-0.05, 0) is 50.0 Å². The third kappa shape index (κ3) is 2.13. The Morgan fingerprint density at radius 1 is 1.44 bits per heavy atom. The van der Waals surface area contributed by atoms with Crippen molar-refractivity contribution in [2.45, 2.75) is 31.7 Å². The van der Waals surface area contributed by atoms with Crippen molar-refractivity contribution in [3.05, 3.63) is 34.9 Å². The van der Waals surface area contributed by atoms with Crippen molar-refractivity contribution in [1.82, 2.24) is 4.90 Å². The maximum Gasteiger partial charge on any atom is 0.328 e. The number of nitrogens with zero attached hydrogens (tertiary/aromatic N) is 1. The fourth-order valence-electron chi connectivity index (χ4n) is 2.86. The summed E-state index contributed by atoms with van der Waals surface area (Å²) < 4.78 is 0. The molecule has 1 aromatic carbocycles. The second kappa shape index (κ2) is 5.29. The summed E-state index contributed by atoms with van der Waals surface area (Å²) in [7, 11) is 0. The van der Waals surface area contributed by atoms with Crippen LogP contribution in [-0.2, 0) is 10.3 Å². The number of likely N-dealkylation sites (tertiary alicyclic amines) is 1. The number of carboxylic acids is 1. The van der Waals surface area contributed by atoms with Crippen LogP contribution < -0.4 is 0 Å². The summed E-state index contributed by atoms with van der Waals surface area (Å²) in [4.78, 5) is 13.9. The lowest BCUT2D eigenvalue weighted by Crippen LogP contribution is -2.50. The summed E-state index contributed by atoms with van der Waals surface area (Å²) in [5.74, 6) is -0.783. The van der Waals surface area contributed by atoms with Crippen molar-refractivity contribution in [2.75, 3.05) is 13.1 Å². The summed E-state index contributed by atoms with van der Waals surface area (Å²) in [6.45, 7) is 3.60. The largest absolute Gasteiger partial charge is 0.480 e. The number of carbonyl (C=O) groups is 1. The first-order valence-electron chi connectivity index (χ1n) is 6.35. The molecule has 1 heterocycles. The van der Waals surface area contributed by atoms with E-state index in [1.807, 2.05) is 19.1 Å². The van der Waals surface area contributed by atoms with Gasteiger partial charge in [0.1, 0.15) is 5.54 Å². The van der Waals surface area contributed by atoms with E-state index < -0.39 is 11.5 Å². The summed E-state index contributed by atoms with van der Waals surface area (Å²) >= 11 is 6.01. The van der Waals surface area contributed by atoms with Gasteiger partial charge in [-0.25, -0.2) is 4.79 Å². The second-order valence-corrected chi connectivity index (χ2v) is 5.16. The van der Waals surface area contributed by atoms with E-state index in [0.717, 1.165) is 31.5 Å². The first kappa shape index (κ1) is 13.4. The molecule has 98 valence electrons. The smallest absolute Gasteiger partial charge is 0.328 e. The molecule has 0 amide bonds. The van der Waals surface area contributed by atoms with Gasteiger partial charge in [0, 0.05) is 5.02 Å². The van der Waals surface area contributed by atoms with E-state index in [4.69, 9.17) is 11.6 Å². The Kier molecular flexibility index (Phi) is 3.93. The van der Waals surface area contributed by atoms with E-state index in [9.17, 15) is 9.90 Å². The molecule has 0 aliphatic carbocycles. The van der Waals surface area contributed by atoms with Crippen LogP contribution in [0.4, 0.5) is 0 Å². The van der Waals surface area contributed by atoms with Gasteiger partial charge in [0.15, 0.2) is 0 Å². The summed E-state index contributed by atoms with van der Waals surface area (Å²) in [5.41, 5.74) is -0.145. The highest BCUT2D eigenvalue weighted by Crippen LogP contribution is 2.36. The Balaban J connectivity index is 2.50. The molecule has 1 aliphatic rings. The number of halogens is 1. The van der Waals surface area contributed by atoms with Gasteiger partial charge in [0.25, 0.3) is 0 Å². The van der Waals surface area contributed by atoms with Crippen LogP contribution >= 0.6 is 11.6 Å². The van der Waals surface area contributed by atoms with Crippen LogP contribution in [0.3, 0.4) is 0 Å². The van der Waals surface area contributed by atoms with Gasteiger partial charge in [-0.2, -0.15) is 0 Å². The van der Waals surface area contributed by atoms with Gasteiger partial charge < -0.3 is 5.11 Å². The SMILES string of the molecule is CCC(C(=O)O)(c1cccc(Cl)c1)N1CCCC1. The van der Waals surface area contributed by atoms with Crippen LogP contribution in [0.1, 0.15) is 31.7 Å². The van der Waals surface area contributed by atoms with Crippen LogP contribution in [-0.4, -0.2) is 29.1 Å². The van der Waals surface area contributed by atoms with Gasteiger partial charge >= 0.3 is 5.97 Å². The molecule has 1 aromatic rings. The molecule has 0 radical (unpaired) electrons. The van der Waals surface area contributed by atoms with Crippen LogP contribution in [0.5, 0.6) is 0 Å². The molecule has 4 heteroatoms. The quantitative estimate of drug-likeness (QED) is 0.911. The van der Waals surface area contributed by atoms with Gasteiger partial charge in [-0.15, -0.1) is 0 Å². The molecule has 0 spiro atoms. The molecule has 0 saturated carbocycles. The molecule has 1 saturated heterocycles. The van der Waals surface area contributed by atoms with Crippen LogP contribution in [0.2, 0.25) is 5.02 Å². The standard InChI is InChI=1S/C14H18ClNO2/c1-2-14(13(17)18,16-8-3-4-9-16)11-6-5-7-12(15)10-11/h5-7,10H,2-4,8-9H2,1H3,(H,17,18). The molecule has 1 fully saturated rings. The van der Waals surface area contributed by atoms with Crippen LogP contribution in [0.25, 0.3) is 0 Å². The Morgan fingerprint density at radius 2 is 2.11 bits per heavy atom. The van der Waals surface area contributed by atoms with Gasteiger partial charge in [-0.1, -0.05) is 30.7 Å². The number of hydrogen-bond donors (Lipinski definition) is 1. The molecule has 0 bridgehead atoms. The average Bonchev–Trinajstić information content (AvgIpc) is 2.84. The predicted octanol–water partition coefficient (Wildman–Crippen LogP) is 3.13. The zero-order valence-electron chi connectivity index (χ0n) is 10.5. The minimum Gasteiger partial charge on any atom is -0.480 e. The van der Waals surface area contributed by atoms with Gasteiger partial charge in [-0.3, -0.25) is 4.90 Å². The van der Waals surface area contributed by atoms with E-state index in [1.54, 1.807) is 12.1 Å². The van der Waals surface area contributed by atoms with Crippen molar-refractivity contribution in [2.24, 2.45) is 0 Å². The molecule has 1 unspecified atom stereocenters. The number of hydrogen-bond acceptors (Lipinski definition) is 2. The Hall–Kier alpha value is -1.06. The summed E-state index contributed by atoms with van der Waals surface area (Å²) in [6.07, 6.45) is 2.67. The monoisotopic (exact) mass is 267 g/mol. The second-order valence-electron chi connectivity index (χ2n) is 4.72. The molecule has 2 rings (SSSR count). The van der Waals surface area contributed by atoms with E-state index in [1.165, 1.54) is 0 Å². The molecule has 1 N–H and O–H groups in total. The number of rotatable bonds is 4. The van der Waals surface area contributed by atoms with Gasteiger partial charge in [0.2, 0.25) is 0 Å². The molecule has 1 aliphatic heterocycles. The minimum absolute atomic E-state index is 0.544. The zero-order chi connectivity index (χ0) is 13.2. The third-order valence-corrected chi connectivity index (χ3v) is 4.05. The minimum atomic E-state index is -0.929. The Labute approximate surface area is 112 Å². The maximum atomic E-state index is 11.9. The highest BCUT2D eigenvalue weighted by Gasteiger charge is 2.45. The molecule has 0 aromatic heterocycles. The fourth-order valence-corrected chi connectivity index (χ4v) is 3.06. The van der Waals surface area contributed by atoms with E-state index in [-0.39, 0.29) is 0 Å². The zero-order valence-corrected chi connectivity index (χ0v) is 11.3. The first-order valence-corrected chi connectivity index (χ1v) is 6.73. The van der Waals surface area contributed by atoms with E-state index in [0.29, 0.717) is 11.4 Å². The topological polar surface area (TPSA) is 40.5 Å².